The molecule has 2 fully saturated rings. The van der Waals surface area contributed by atoms with Gasteiger partial charge in [0, 0.05) is 18.2 Å². The van der Waals surface area contributed by atoms with Gasteiger partial charge in [0.05, 0.1) is 18.3 Å². The number of benzene rings is 1. The molecule has 0 bridgehead atoms. The van der Waals surface area contributed by atoms with E-state index in [-0.39, 0.29) is 23.8 Å². The minimum Gasteiger partial charge on any atom is -0.355 e. The van der Waals surface area contributed by atoms with Gasteiger partial charge in [-0.3, -0.25) is 9.59 Å². The average molecular weight is 406 g/mol. The summed E-state index contributed by atoms with van der Waals surface area (Å²) in [6, 6.07) is 8.67. The minimum atomic E-state index is -0.567. The summed E-state index contributed by atoms with van der Waals surface area (Å²) < 4.78 is 1.66. The molecule has 2 saturated carbocycles. The average Bonchev–Trinajstić information content (AvgIpc) is 3.45. The van der Waals surface area contributed by atoms with Crippen molar-refractivity contribution in [2.45, 2.75) is 56.5 Å². The van der Waals surface area contributed by atoms with Crippen molar-refractivity contribution in [2.75, 3.05) is 7.05 Å². The van der Waals surface area contributed by atoms with Crippen LogP contribution in [0, 0.1) is 17.2 Å². The second kappa shape index (κ2) is 8.27. The second-order valence-electron chi connectivity index (χ2n) is 8.24. The monoisotopic (exact) mass is 406 g/mol. The van der Waals surface area contributed by atoms with Gasteiger partial charge in [-0.05, 0) is 55.9 Å². The van der Waals surface area contributed by atoms with E-state index in [2.05, 4.69) is 27.0 Å². The highest BCUT2D eigenvalue weighted by Gasteiger charge is 2.47. The first-order chi connectivity index (χ1) is 14.6. The van der Waals surface area contributed by atoms with E-state index < -0.39 is 5.54 Å². The third-order valence-electron chi connectivity index (χ3n) is 6.24. The van der Waals surface area contributed by atoms with E-state index in [4.69, 9.17) is 0 Å². The lowest BCUT2D eigenvalue weighted by Gasteiger charge is -2.29. The van der Waals surface area contributed by atoms with E-state index in [1.54, 1.807) is 36.0 Å². The summed E-state index contributed by atoms with van der Waals surface area (Å²) in [5.41, 5.74) is 1.14. The van der Waals surface area contributed by atoms with Crippen LogP contribution in [0.25, 0.3) is 0 Å². The van der Waals surface area contributed by atoms with Crippen molar-refractivity contribution >= 4 is 11.8 Å². The number of amides is 2. The molecule has 0 aliphatic heterocycles. The molecule has 2 aromatic rings. The van der Waals surface area contributed by atoms with Crippen molar-refractivity contribution < 1.29 is 9.59 Å². The maximum atomic E-state index is 13.0. The number of nitrogens with zero attached hydrogens (tertiary/aromatic N) is 4. The highest BCUT2D eigenvalue weighted by atomic mass is 16.2. The number of carbonyl (C=O) groups excluding carboxylic acids is 2. The molecule has 2 aliphatic carbocycles. The van der Waals surface area contributed by atoms with Crippen molar-refractivity contribution in [1.29, 1.82) is 5.26 Å². The van der Waals surface area contributed by atoms with Gasteiger partial charge < -0.3 is 10.6 Å². The highest BCUT2D eigenvalue weighted by Crippen LogP contribution is 2.43. The van der Waals surface area contributed by atoms with Crippen molar-refractivity contribution in [2.24, 2.45) is 5.92 Å². The minimum absolute atomic E-state index is 0.190. The third-order valence-corrected chi connectivity index (χ3v) is 6.24. The van der Waals surface area contributed by atoms with Crippen LogP contribution >= 0.6 is 0 Å². The van der Waals surface area contributed by atoms with Crippen molar-refractivity contribution in [1.82, 2.24) is 25.6 Å². The van der Waals surface area contributed by atoms with Gasteiger partial charge in [-0.25, -0.2) is 4.68 Å². The molecular formula is C22H26N6O2. The van der Waals surface area contributed by atoms with Crippen LogP contribution in [0.1, 0.15) is 77.4 Å². The maximum Gasteiger partial charge on any atom is 0.251 e. The smallest absolute Gasteiger partial charge is 0.251 e. The lowest BCUT2D eigenvalue weighted by atomic mass is 9.82. The molecule has 30 heavy (non-hydrogen) atoms. The number of hydrogen-bond acceptors (Lipinski definition) is 5. The Balaban J connectivity index is 1.55. The Morgan fingerprint density at radius 2 is 1.77 bits per heavy atom. The number of rotatable bonds is 6. The van der Waals surface area contributed by atoms with Crippen LogP contribution in [0.4, 0.5) is 0 Å². The van der Waals surface area contributed by atoms with Crippen molar-refractivity contribution in [3.05, 3.63) is 47.3 Å². The summed E-state index contributed by atoms with van der Waals surface area (Å²) >= 11 is 0. The Morgan fingerprint density at radius 1 is 1.13 bits per heavy atom. The Labute approximate surface area is 175 Å². The van der Waals surface area contributed by atoms with Gasteiger partial charge >= 0.3 is 0 Å². The van der Waals surface area contributed by atoms with Gasteiger partial charge in [0.25, 0.3) is 11.8 Å². The van der Waals surface area contributed by atoms with Crippen molar-refractivity contribution in [3.8, 4) is 6.07 Å². The van der Waals surface area contributed by atoms with E-state index >= 15 is 0 Å². The number of nitriles is 1. The fourth-order valence-corrected chi connectivity index (χ4v) is 4.18. The van der Waals surface area contributed by atoms with Gasteiger partial charge in [-0.2, -0.15) is 5.26 Å². The Kier molecular flexibility index (Phi) is 5.53. The third kappa shape index (κ3) is 3.92. The van der Waals surface area contributed by atoms with Crippen LogP contribution in [-0.2, 0) is 5.54 Å². The molecule has 8 nitrogen and oxygen atoms in total. The summed E-state index contributed by atoms with van der Waals surface area (Å²) in [7, 11) is 1.57. The van der Waals surface area contributed by atoms with Gasteiger partial charge in [0.2, 0.25) is 0 Å². The summed E-state index contributed by atoms with van der Waals surface area (Å²) in [6.07, 6.45) is 8.91. The second-order valence-corrected chi connectivity index (χ2v) is 8.24. The molecule has 1 heterocycles. The molecular weight excluding hydrogens is 380 g/mol. The van der Waals surface area contributed by atoms with E-state index in [1.165, 1.54) is 6.42 Å². The first-order valence-electron chi connectivity index (χ1n) is 10.5. The van der Waals surface area contributed by atoms with Crippen LogP contribution in [0.3, 0.4) is 0 Å². The molecule has 0 spiro atoms. The number of hydrogen-bond donors (Lipinski definition) is 2. The van der Waals surface area contributed by atoms with E-state index in [0.29, 0.717) is 16.8 Å². The van der Waals surface area contributed by atoms with E-state index in [1.807, 2.05) is 6.20 Å². The molecule has 156 valence electrons. The Hall–Kier alpha value is -3.21. The fraction of sp³-hybridized carbons (Fsp3) is 0.500. The number of carbonyl (C=O) groups is 2. The van der Waals surface area contributed by atoms with Gasteiger partial charge in [-0.15, -0.1) is 5.10 Å². The molecule has 2 aliphatic rings. The van der Waals surface area contributed by atoms with Gasteiger partial charge in [-0.1, -0.05) is 24.5 Å². The molecule has 0 radical (unpaired) electrons. The van der Waals surface area contributed by atoms with Crippen LogP contribution in [0.15, 0.2) is 30.5 Å². The fourth-order valence-electron chi connectivity index (χ4n) is 4.18. The normalized spacial score (nSPS) is 18.8. The Morgan fingerprint density at radius 3 is 2.33 bits per heavy atom. The molecule has 2 N–H and O–H groups in total. The summed E-state index contributed by atoms with van der Waals surface area (Å²) in [6.45, 7) is 0. The first kappa shape index (κ1) is 20.1. The molecule has 8 heteroatoms. The highest BCUT2D eigenvalue weighted by molar-refractivity contribution is 5.97. The van der Waals surface area contributed by atoms with Gasteiger partial charge in [0.1, 0.15) is 5.69 Å². The predicted molar refractivity (Wildman–Crippen MR) is 109 cm³/mol. The van der Waals surface area contributed by atoms with Crippen LogP contribution < -0.4 is 10.6 Å². The standard InChI is InChI=1S/C22H26N6O2/c1-24-20(29)16-7-9-17(10-8-16)21(30)25-19(15-5-3-2-4-6-15)18-13-28(27-26-18)22(14-23)11-12-22/h7-10,13,15,19H,2-6,11-12H2,1H3,(H,24,29)(H,25,30)/t19-/m0/s1. The predicted octanol–water partition coefficient (Wildman–Crippen LogP) is 2.70. The zero-order valence-electron chi connectivity index (χ0n) is 17.1. The topological polar surface area (TPSA) is 113 Å². The molecule has 4 rings (SSSR count). The van der Waals surface area contributed by atoms with E-state index in [0.717, 1.165) is 38.5 Å². The zero-order chi connectivity index (χ0) is 21.1. The molecule has 0 saturated heterocycles. The molecule has 2 amide bonds. The largest absolute Gasteiger partial charge is 0.355 e. The molecule has 1 aromatic heterocycles. The lowest BCUT2D eigenvalue weighted by Crippen LogP contribution is -2.34. The Bertz CT molecular complexity index is 964. The lowest BCUT2D eigenvalue weighted by molar-refractivity contribution is 0.0908. The van der Waals surface area contributed by atoms with Crippen LogP contribution in [0.5, 0.6) is 0 Å². The summed E-state index contributed by atoms with van der Waals surface area (Å²) in [4.78, 5) is 24.7. The summed E-state index contributed by atoms with van der Waals surface area (Å²) in [5.74, 6) is -0.106. The quantitative estimate of drug-likeness (QED) is 0.766. The zero-order valence-corrected chi connectivity index (χ0v) is 17.1. The van der Waals surface area contributed by atoms with E-state index in [9.17, 15) is 14.9 Å². The molecule has 1 atom stereocenters. The SMILES string of the molecule is CNC(=O)c1ccc(C(=O)N[C@H](c2cn(C3(C#N)CC3)nn2)C2CCCCC2)cc1. The van der Waals surface area contributed by atoms with Gasteiger partial charge in [0.15, 0.2) is 5.54 Å². The van der Waals surface area contributed by atoms with Crippen LogP contribution in [-0.4, -0.2) is 33.9 Å². The molecule has 0 unspecified atom stereocenters. The number of nitrogens with one attached hydrogen (secondary N) is 2. The van der Waals surface area contributed by atoms with Crippen molar-refractivity contribution in [3.63, 3.8) is 0 Å². The van der Waals surface area contributed by atoms with Crippen LogP contribution in [0.2, 0.25) is 0 Å². The first-order valence-corrected chi connectivity index (χ1v) is 10.5. The number of aromatic nitrogens is 3. The summed E-state index contributed by atoms with van der Waals surface area (Å²) in [5, 5.41) is 23.7. The maximum absolute atomic E-state index is 13.0. The molecule has 1 aromatic carbocycles.